The molecule has 0 atom stereocenters. The van der Waals surface area contributed by atoms with Crippen molar-refractivity contribution in [3.8, 4) is 22.8 Å². The number of rotatable bonds is 4. The minimum atomic E-state index is -0.360. The lowest BCUT2D eigenvalue weighted by Gasteiger charge is -2.01. The number of nitrogens with zero attached hydrogens (tertiary/aromatic N) is 1. The van der Waals surface area contributed by atoms with E-state index in [2.05, 4.69) is 10.5 Å². The number of ether oxygens (including phenoxy) is 2. The Labute approximate surface area is 160 Å². The summed E-state index contributed by atoms with van der Waals surface area (Å²) in [7, 11) is 0. The smallest absolute Gasteiger partial charge is 0.271 e. The molecule has 4 rings (SSSR count). The summed E-state index contributed by atoms with van der Waals surface area (Å²) >= 11 is 6.15. The molecule has 0 unspecified atom stereocenters. The van der Waals surface area contributed by atoms with E-state index in [0.717, 1.165) is 11.1 Å². The van der Waals surface area contributed by atoms with Crippen LogP contribution in [0.25, 0.3) is 11.3 Å². The number of nitrogens with one attached hydrogen (secondary N) is 1. The molecule has 2 heterocycles. The molecular formula is C20H15ClN2O4. The first-order valence-corrected chi connectivity index (χ1v) is 8.57. The molecule has 0 saturated carbocycles. The molecule has 0 saturated heterocycles. The van der Waals surface area contributed by atoms with Gasteiger partial charge in [-0.1, -0.05) is 23.7 Å². The highest BCUT2D eigenvalue weighted by Crippen LogP contribution is 2.32. The molecule has 2 aromatic carbocycles. The highest BCUT2D eigenvalue weighted by atomic mass is 35.5. The number of hydrazone groups is 1. The molecule has 1 aromatic heterocycles. The van der Waals surface area contributed by atoms with Crippen LogP contribution in [0.15, 0.2) is 58.0 Å². The molecule has 0 radical (unpaired) electrons. The lowest BCUT2D eigenvalue weighted by atomic mass is 10.1. The van der Waals surface area contributed by atoms with Crippen molar-refractivity contribution in [3.63, 3.8) is 0 Å². The maximum atomic E-state index is 12.2. The van der Waals surface area contributed by atoms with Gasteiger partial charge in [-0.05, 0) is 48.9 Å². The van der Waals surface area contributed by atoms with Crippen LogP contribution in [0, 0.1) is 6.92 Å². The summed E-state index contributed by atoms with van der Waals surface area (Å²) in [6.07, 6.45) is 1.43. The first-order valence-electron chi connectivity index (χ1n) is 8.19. The monoisotopic (exact) mass is 382 g/mol. The van der Waals surface area contributed by atoms with Crippen LogP contribution < -0.4 is 14.9 Å². The van der Waals surface area contributed by atoms with Gasteiger partial charge in [-0.2, -0.15) is 5.10 Å². The lowest BCUT2D eigenvalue weighted by Crippen LogP contribution is -2.17. The van der Waals surface area contributed by atoms with Crippen LogP contribution in [0.4, 0.5) is 0 Å². The second-order valence-corrected chi connectivity index (χ2v) is 6.34. The van der Waals surface area contributed by atoms with Crippen molar-refractivity contribution in [2.75, 3.05) is 6.79 Å². The predicted molar refractivity (Wildman–Crippen MR) is 102 cm³/mol. The van der Waals surface area contributed by atoms with Crippen molar-refractivity contribution >= 4 is 23.7 Å². The van der Waals surface area contributed by atoms with Gasteiger partial charge in [0.05, 0.1) is 6.21 Å². The third-order valence-electron chi connectivity index (χ3n) is 4.08. The number of carbonyl (C=O) groups is 1. The molecule has 1 amide bonds. The fraction of sp³-hybridized carbons (Fsp3) is 0.100. The van der Waals surface area contributed by atoms with E-state index in [0.29, 0.717) is 33.6 Å². The van der Waals surface area contributed by atoms with Gasteiger partial charge in [0.2, 0.25) is 6.79 Å². The normalized spacial score (nSPS) is 12.5. The number of aryl methyl sites for hydroxylation is 1. The van der Waals surface area contributed by atoms with Gasteiger partial charge >= 0.3 is 0 Å². The van der Waals surface area contributed by atoms with Crippen LogP contribution in [-0.4, -0.2) is 18.9 Å². The number of hydrogen-bond acceptors (Lipinski definition) is 5. The molecule has 0 aliphatic carbocycles. The number of furan rings is 1. The van der Waals surface area contributed by atoms with Crippen LogP contribution >= 0.6 is 11.6 Å². The van der Waals surface area contributed by atoms with E-state index >= 15 is 0 Å². The number of hydrogen-bond donors (Lipinski definition) is 1. The number of benzene rings is 2. The van der Waals surface area contributed by atoms with E-state index in [1.165, 1.54) is 6.21 Å². The third kappa shape index (κ3) is 3.66. The van der Waals surface area contributed by atoms with Crippen molar-refractivity contribution < 1.29 is 18.7 Å². The van der Waals surface area contributed by atoms with Gasteiger partial charge < -0.3 is 13.9 Å². The standard InChI is InChI=1S/C20H15ClN2O4/c1-12-2-3-13(8-16(12)21)17-7-5-15(27-17)10-22-23-20(24)14-4-6-18-19(9-14)26-11-25-18/h2-10H,11H2,1H3,(H,23,24)/b22-10-. The Bertz CT molecular complexity index is 1040. The van der Waals surface area contributed by atoms with Crippen LogP contribution in [0.3, 0.4) is 0 Å². The largest absolute Gasteiger partial charge is 0.455 e. The second kappa shape index (κ2) is 7.17. The van der Waals surface area contributed by atoms with Crippen molar-refractivity contribution in [1.82, 2.24) is 5.43 Å². The number of carbonyl (C=O) groups excluding carboxylic acids is 1. The van der Waals surface area contributed by atoms with E-state index in [9.17, 15) is 4.79 Å². The minimum absolute atomic E-state index is 0.158. The van der Waals surface area contributed by atoms with Gasteiger partial charge in [0.25, 0.3) is 5.91 Å². The van der Waals surface area contributed by atoms with E-state index in [-0.39, 0.29) is 12.7 Å². The Morgan fingerprint density at radius 1 is 1.11 bits per heavy atom. The first-order chi connectivity index (χ1) is 13.1. The van der Waals surface area contributed by atoms with Crippen LogP contribution in [-0.2, 0) is 0 Å². The molecule has 0 spiro atoms. The van der Waals surface area contributed by atoms with E-state index in [1.807, 2.05) is 31.2 Å². The first kappa shape index (κ1) is 17.2. The van der Waals surface area contributed by atoms with Crippen LogP contribution in [0.1, 0.15) is 21.7 Å². The van der Waals surface area contributed by atoms with Gasteiger partial charge in [0, 0.05) is 16.1 Å². The molecule has 1 N–H and O–H groups in total. The van der Waals surface area contributed by atoms with Crippen molar-refractivity contribution in [2.24, 2.45) is 5.10 Å². The zero-order chi connectivity index (χ0) is 18.8. The van der Waals surface area contributed by atoms with Crippen molar-refractivity contribution in [3.05, 3.63) is 70.4 Å². The summed E-state index contributed by atoms with van der Waals surface area (Å²) < 4.78 is 16.2. The van der Waals surface area contributed by atoms with E-state index in [1.54, 1.807) is 24.3 Å². The van der Waals surface area contributed by atoms with Crippen LogP contribution in [0.5, 0.6) is 11.5 Å². The van der Waals surface area contributed by atoms with E-state index in [4.69, 9.17) is 25.5 Å². The lowest BCUT2D eigenvalue weighted by molar-refractivity contribution is 0.0954. The molecule has 3 aromatic rings. The summed E-state index contributed by atoms with van der Waals surface area (Å²) in [4.78, 5) is 12.2. The molecule has 0 fully saturated rings. The fourth-order valence-corrected chi connectivity index (χ4v) is 2.76. The zero-order valence-corrected chi connectivity index (χ0v) is 15.1. The molecule has 27 heavy (non-hydrogen) atoms. The fourth-order valence-electron chi connectivity index (χ4n) is 2.58. The Hall–Kier alpha value is -3.25. The number of halogens is 1. The topological polar surface area (TPSA) is 73.1 Å². The van der Waals surface area contributed by atoms with Gasteiger partial charge in [-0.15, -0.1) is 0 Å². The Morgan fingerprint density at radius 2 is 1.96 bits per heavy atom. The predicted octanol–water partition coefficient (Wildman–Crippen LogP) is 4.40. The van der Waals surface area contributed by atoms with Gasteiger partial charge in [0.1, 0.15) is 11.5 Å². The SMILES string of the molecule is Cc1ccc(-c2ccc(/C=N\NC(=O)c3ccc4c(c3)OCO4)o2)cc1Cl. The highest BCUT2D eigenvalue weighted by Gasteiger charge is 2.15. The quantitative estimate of drug-likeness (QED) is 0.536. The molecule has 0 bridgehead atoms. The molecule has 136 valence electrons. The Balaban J connectivity index is 1.42. The average Bonchev–Trinajstić information content (AvgIpc) is 3.32. The Kier molecular flexibility index (Phi) is 4.56. The number of amides is 1. The maximum Gasteiger partial charge on any atom is 0.271 e. The zero-order valence-electron chi connectivity index (χ0n) is 14.4. The highest BCUT2D eigenvalue weighted by molar-refractivity contribution is 6.31. The molecule has 6 nitrogen and oxygen atoms in total. The van der Waals surface area contributed by atoms with Crippen LogP contribution in [0.2, 0.25) is 5.02 Å². The van der Waals surface area contributed by atoms with Gasteiger partial charge in [0.15, 0.2) is 11.5 Å². The van der Waals surface area contributed by atoms with Crippen molar-refractivity contribution in [2.45, 2.75) is 6.92 Å². The summed E-state index contributed by atoms with van der Waals surface area (Å²) in [5, 5.41) is 4.61. The summed E-state index contributed by atoms with van der Waals surface area (Å²) in [5.74, 6) is 1.98. The van der Waals surface area contributed by atoms with Gasteiger partial charge in [-0.3, -0.25) is 4.79 Å². The van der Waals surface area contributed by atoms with E-state index < -0.39 is 0 Å². The van der Waals surface area contributed by atoms with Gasteiger partial charge in [-0.25, -0.2) is 5.43 Å². The number of fused-ring (bicyclic) bond motifs is 1. The summed E-state index contributed by atoms with van der Waals surface area (Å²) in [6.45, 7) is 2.10. The molecule has 1 aliphatic heterocycles. The Morgan fingerprint density at radius 3 is 2.81 bits per heavy atom. The third-order valence-corrected chi connectivity index (χ3v) is 4.48. The molecule has 7 heteroatoms. The summed E-state index contributed by atoms with van der Waals surface area (Å²) in [5.41, 5.74) is 4.75. The summed E-state index contributed by atoms with van der Waals surface area (Å²) in [6, 6.07) is 14.2. The van der Waals surface area contributed by atoms with Crippen molar-refractivity contribution in [1.29, 1.82) is 0 Å². The molecular weight excluding hydrogens is 368 g/mol. The minimum Gasteiger partial charge on any atom is -0.455 e. The molecule has 1 aliphatic rings. The second-order valence-electron chi connectivity index (χ2n) is 5.93. The average molecular weight is 383 g/mol. The maximum absolute atomic E-state index is 12.2.